The van der Waals surface area contributed by atoms with E-state index in [-0.39, 0.29) is 6.61 Å². The number of nitrogens with zero attached hydrogens (tertiary/aromatic N) is 1. The average molecular weight is 299 g/mol. The van der Waals surface area contributed by atoms with Gasteiger partial charge in [0, 0.05) is 18.3 Å². The molecule has 0 saturated carbocycles. The van der Waals surface area contributed by atoms with Crippen LogP contribution in [-0.2, 0) is 16.1 Å². The van der Waals surface area contributed by atoms with Crippen molar-refractivity contribution in [1.29, 1.82) is 0 Å². The van der Waals surface area contributed by atoms with Crippen LogP contribution in [0.3, 0.4) is 0 Å². The molecule has 1 aromatic carbocycles. The Balaban J connectivity index is 2.03. The predicted molar refractivity (Wildman–Crippen MR) is 82.2 cm³/mol. The summed E-state index contributed by atoms with van der Waals surface area (Å²) in [6, 6.07) is 13.1. The summed E-state index contributed by atoms with van der Waals surface area (Å²) >= 11 is 0. The Morgan fingerprint density at radius 2 is 2.05 bits per heavy atom. The lowest BCUT2D eigenvalue weighted by molar-refractivity contribution is -0.141. The summed E-state index contributed by atoms with van der Waals surface area (Å²) in [4.78, 5) is 15.4. The van der Waals surface area contributed by atoms with Crippen molar-refractivity contribution in [3.8, 4) is 5.75 Å². The van der Waals surface area contributed by atoms with Crippen LogP contribution in [0.25, 0.3) is 6.08 Å². The largest absolute Gasteiger partial charge is 0.502 e. The average Bonchev–Trinajstić information content (AvgIpc) is 2.54. The minimum Gasteiger partial charge on any atom is -0.502 e. The second-order valence-corrected chi connectivity index (χ2v) is 4.44. The van der Waals surface area contributed by atoms with Crippen molar-refractivity contribution in [1.82, 2.24) is 4.98 Å². The maximum Gasteiger partial charge on any atom is 0.373 e. The molecule has 0 radical (unpaired) electrons. The Morgan fingerprint density at radius 3 is 2.77 bits per heavy atom. The molecule has 22 heavy (non-hydrogen) atoms. The van der Waals surface area contributed by atoms with Gasteiger partial charge < -0.3 is 14.6 Å². The molecule has 0 saturated heterocycles. The summed E-state index contributed by atoms with van der Waals surface area (Å²) in [5.41, 5.74) is 1.46. The Kier molecular flexibility index (Phi) is 5.54. The minimum atomic E-state index is -0.778. The molecule has 1 heterocycles. The van der Waals surface area contributed by atoms with E-state index in [0.717, 1.165) is 5.56 Å². The van der Waals surface area contributed by atoms with Gasteiger partial charge in [0.25, 0.3) is 0 Å². The molecular weight excluding hydrogens is 282 g/mol. The highest BCUT2D eigenvalue weighted by Gasteiger charge is 2.08. The minimum absolute atomic E-state index is 0.199. The van der Waals surface area contributed by atoms with Gasteiger partial charge in [0.1, 0.15) is 12.4 Å². The molecule has 5 nitrogen and oxygen atoms in total. The Morgan fingerprint density at radius 1 is 1.27 bits per heavy atom. The smallest absolute Gasteiger partial charge is 0.373 e. The molecule has 1 aromatic heterocycles. The standard InChI is InChI=1S/C17H17NO4/c1-2-21-17(20)16(19)11-14-10-15(8-9-18-14)22-12-13-6-4-3-5-7-13/h3-11,19H,2,12H2,1H3/b16-11-. The van der Waals surface area contributed by atoms with E-state index in [9.17, 15) is 9.90 Å². The number of carbonyl (C=O) groups is 1. The zero-order valence-electron chi connectivity index (χ0n) is 12.2. The molecule has 0 atom stereocenters. The van der Waals surface area contributed by atoms with E-state index in [1.165, 1.54) is 6.08 Å². The molecule has 114 valence electrons. The molecule has 0 spiro atoms. The predicted octanol–water partition coefficient (Wildman–Crippen LogP) is 3.12. The lowest BCUT2D eigenvalue weighted by Crippen LogP contribution is -2.06. The first-order chi connectivity index (χ1) is 10.7. The first-order valence-electron chi connectivity index (χ1n) is 6.89. The van der Waals surface area contributed by atoms with Crippen LogP contribution < -0.4 is 4.74 Å². The number of aromatic nitrogens is 1. The highest BCUT2D eigenvalue weighted by molar-refractivity contribution is 5.90. The molecule has 1 N–H and O–H groups in total. The van der Waals surface area contributed by atoms with Gasteiger partial charge in [0.2, 0.25) is 5.76 Å². The van der Waals surface area contributed by atoms with Gasteiger partial charge in [-0.2, -0.15) is 0 Å². The molecule has 0 aliphatic rings. The molecule has 2 rings (SSSR count). The van der Waals surface area contributed by atoms with Crippen LogP contribution in [0.1, 0.15) is 18.2 Å². The van der Waals surface area contributed by atoms with E-state index in [2.05, 4.69) is 4.98 Å². The topological polar surface area (TPSA) is 68.7 Å². The summed E-state index contributed by atoms with van der Waals surface area (Å²) < 4.78 is 10.4. The summed E-state index contributed by atoms with van der Waals surface area (Å²) in [6.07, 6.45) is 2.79. The molecule has 0 aliphatic heterocycles. The van der Waals surface area contributed by atoms with E-state index >= 15 is 0 Å². The van der Waals surface area contributed by atoms with E-state index in [4.69, 9.17) is 9.47 Å². The van der Waals surface area contributed by atoms with E-state index in [1.54, 1.807) is 25.3 Å². The van der Waals surface area contributed by atoms with Crippen LogP contribution in [0, 0.1) is 0 Å². The highest BCUT2D eigenvalue weighted by Crippen LogP contribution is 2.15. The Hall–Kier alpha value is -2.82. The van der Waals surface area contributed by atoms with Gasteiger partial charge in [-0.05, 0) is 18.6 Å². The maximum atomic E-state index is 11.3. The van der Waals surface area contributed by atoms with Gasteiger partial charge in [0.15, 0.2) is 0 Å². The summed E-state index contributed by atoms with van der Waals surface area (Å²) in [5, 5.41) is 9.61. The second-order valence-electron chi connectivity index (χ2n) is 4.44. The zero-order valence-corrected chi connectivity index (χ0v) is 12.2. The summed E-state index contributed by atoms with van der Waals surface area (Å²) in [5.74, 6) is -0.670. The second kappa shape index (κ2) is 7.83. The Bertz CT molecular complexity index is 653. The zero-order chi connectivity index (χ0) is 15.8. The van der Waals surface area contributed by atoms with Crippen molar-refractivity contribution in [2.45, 2.75) is 13.5 Å². The number of rotatable bonds is 6. The number of aliphatic hydroxyl groups is 1. The van der Waals surface area contributed by atoms with Crippen molar-refractivity contribution in [3.63, 3.8) is 0 Å². The highest BCUT2D eigenvalue weighted by atomic mass is 16.5. The summed E-state index contributed by atoms with van der Waals surface area (Å²) in [7, 11) is 0. The number of carbonyl (C=O) groups excluding carboxylic acids is 1. The lowest BCUT2D eigenvalue weighted by atomic mass is 10.2. The van der Waals surface area contributed by atoms with E-state index < -0.39 is 11.7 Å². The molecule has 0 aliphatic carbocycles. The third-order valence-corrected chi connectivity index (χ3v) is 2.77. The summed E-state index contributed by atoms with van der Waals surface area (Å²) in [6.45, 7) is 2.30. The molecule has 0 unspecified atom stereocenters. The first-order valence-corrected chi connectivity index (χ1v) is 6.89. The molecule has 2 aromatic rings. The fraction of sp³-hybridized carbons (Fsp3) is 0.176. The van der Waals surface area contributed by atoms with Gasteiger partial charge in [-0.3, -0.25) is 4.98 Å². The molecule has 0 bridgehead atoms. The van der Waals surface area contributed by atoms with Gasteiger partial charge in [0.05, 0.1) is 12.3 Å². The van der Waals surface area contributed by atoms with Gasteiger partial charge in [-0.1, -0.05) is 30.3 Å². The quantitative estimate of drug-likeness (QED) is 0.504. The first kappa shape index (κ1) is 15.6. The number of aliphatic hydroxyl groups excluding tert-OH is 1. The van der Waals surface area contributed by atoms with Crippen LogP contribution in [0.2, 0.25) is 0 Å². The third kappa shape index (κ3) is 4.63. The Labute approximate surface area is 128 Å². The van der Waals surface area contributed by atoms with Crippen LogP contribution in [0.5, 0.6) is 5.75 Å². The molecular formula is C17H17NO4. The normalized spacial score (nSPS) is 11.0. The molecule has 0 amide bonds. The number of benzene rings is 1. The van der Waals surface area contributed by atoms with Crippen LogP contribution in [-0.4, -0.2) is 22.7 Å². The fourth-order valence-electron chi connectivity index (χ4n) is 1.74. The molecule has 0 fully saturated rings. The van der Waals surface area contributed by atoms with Crippen LogP contribution in [0.4, 0.5) is 0 Å². The lowest BCUT2D eigenvalue weighted by Gasteiger charge is -2.06. The van der Waals surface area contributed by atoms with Crippen molar-refractivity contribution < 1.29 is 19.4 Å². The maximum absolute atomic E-state index is 11.3. The van der Waals surface area contributed by atoms with Crippen molar-refractivity contribution in [2.24, 2.45) is 0 Å². The van der Waals surface area contributed by atoms with Gasteiger partial charge in [-0.15, -0.1) is 0 Å². The van der Waals surface area contributed by atoms with Crippen molar-refractivity contribution in [3.05, 3.63) is 65.7 Å². The van der Waals surface area contributed by atoms with Gasteiger partial charge in [-0.25, -0.2) is 4.79 Å². The SMILES string of the molecule is CCOC(=O)/C(O)=C/c1cc(OCc2ccccc2)ccn1. The van der Waals surface area contributed by atoms with E-state index in [0.29, 0.717) is 18.1 Å². The van der Waals surface area contributed by atoms with Crippen molar-refractivity contribution in [2.75, 3.05) is 6.61 Å². The van der Waals surface area contributed by atoms with Crippen LogP contribution in [0.15, 0.2) is 54.4 Å². The molecule has 5 heteroatoms. The number of ether oxygens (including phenoxy) is 2. The van der Waals surface area contributed by atoms with Gasteiger partial charge >= 0.3 is 5.97 Å². The number of esters is 1. The van der Waals surface area contributed by atoms with E-state index in [1.807, 2.05) is 30.3 Å². The fourth-order valence-corrected chi connectivity index (χ4v) is 1.74. The van der Waals surface area contributed by atoms with Crippen molar-refractivity contribution >= 4 is 12.0 Å². The monoisotopic (exact) mass is 299 g/mol. The third-order valence-electron chi connectivity index (χ3n) is 2.77. The number of pyridine rings is 1. The number of hydrogen-bond donors (Lipinski definition) is 1. The number of hydrogen-bond acceptors (Lipinski definition) is 5. The van der Waals surface area contributed by atoms with Crippen LogP contribution >= 0.6 is 0 Å².